The number of amides is 1. The number of hydrogen-bond donors (Lipinski definition) is 2. The minimum absolute atomic E-state index is 0.118. The molecule has 1 aliphatic heterocycles. The van der Waals surface area contributed by atoms with Crippen LogP contribution in [0.3, 0.4) is 0 Å². The molecule has 21 heavy (non-hydrogen) atoms. The minimum Gasteiger partial charge on any atom is -0.405 e. The summed E-state index contributed by atoms with van der Waals surface area (Å²) in [5, 5.41) is 5.82. The lowest BCUT2D eigenvalue weighted by molar-refractivity contribution is -0.274. The molecule has 0 spiro atoms. The summed E-state index contributed by atoms with van der Waals surface area (Å²) in [7, 11) is 0. The first-order valence-electron chi connectivity index (χ1n) is 6.27. The van der Waals surface area contributed by atoms with Crippen LogP contribution < -0.4 is 15.4 Å². The molecule has 1 heterocycles. The third-order valence-corrected chi connectivity index (χ3v) is 3.95. The molecule has 1 fully saturated rings. The van der Waals surface area contributed by atoms with Gasteiger partial charge in [0.1, 0.15) is 5.75 Å². The van der Waals surface area contributed by atoms with Gasteiger partial charge in [-0.2, -0.15) is 0 Å². The standard InChI is InChI=1S/C13H14BrF3N2O2/c1-12(4-5-18-7-12)11(20)19-8-2-3-10(9(14)6-8)21-13(15,16)17/h2-3,6,18H,4-5,7H2,1H3,(H,19,20). The van der Waals surface area contributed by atoms with Crippen LogP contribution in [0.2, 0.25) is 0 Å². The number of anilines is 1. The summed E-state index contributed by atoms with van der Waals surface area (Å²) in [6.07, 6.45) is -4.04. The Morgan fingerprint density at radius 2 is 2.19 bits per heavy atom. The largest absolute Gasteiger partial charge is 0.573 e. The van der Waals surface area contributed by atoms with Crippen molar-refractivity contribution in [2.45, 2.75) is 19.7 Å². The molecule has 1 unspecified atom stereocenters. The summed E-state index contributed by atoms with van der Waals surface area (Å²) in [5.41, 5.74) is -0.0947. The summed E-state index contributed by atoms with van der Waals surface area (Å²) in [5.74, 6) is -0.516. The Bertz CT molecular complexity index is 543. The second kappa shape index (κ2) is 5.84. The van der Waals surface area contributed by atoms with Gasteiger partial charge in [0.05, 0.1) is 9.89 Å². The number of nitrogens with one attached hydrogen (secondary N) is 2. The van der Waals surface area contributed by atoms with Crippen molar-refractivity contribution in [1.29, 1.82) is 0 Å². The molecule has 1 amide bonds. The first-order valence-corrected chi connectivity index (χ1v) is 7.06. The van der Waals surface area contributed by atoms with Gasteiger partial charge in [0, 0.05) is 12.2 Å². The van der Waals surface area contributed by atoms with Crippen molar-refractivity contribution in [3.05, 3.63) is 22.7 Å². The highest BCUT2D eigenvalue weighted by molar-refractivity contribution is 9.10. The van der Waals surface area contributed by atoms with Crippen LogP contribution in [0.4, 0.5) is 18.9 Å². The molecular formula is C13H14BrF3N2O2. The van der Waals surface area contributed by atoms with E-state index in [1.54, 1.807) is 0 Å². The van der Waals surface area contributed by atoms with Crippen LogP contribution in [-0.4, -0.2) is 25.4 Å². The van der Waals surface area contributed by atoms with E-state index in [2.05, 4.69) is 31.3 Å². The van der Waals surface area contributed by atoms with Gasteiger partial charge < -0.3 is 15.4 Å². The van der Waals surface area contributed by atoms with E-state index in [1.165, 1.54) is 12.1 Å². The maximum Gasteiger partial charge on any atom is 0.573 e. The summed E-state index contributed by atoms with van der Waals surface area (Å²) in [4.78, 5) is 12.2. The second-order valence-corrected chi connectivity index (χ2v) is 5.99. The number of hydrogen-bond acceptors (Lipinski definition) is 3. The number of halogens is 4. The molecule has 1 aromatic rings. The fourth-order valence-corrected chi connectivity index (χ4v) is 2.54. The van der Waals surface area contributed by atoms with Crippen molar-refractivity contribution >= 4 is 27.5 Å². The highest BCUT2D eigenvalue weighted by Crippen LogP contribution is 2.33. The number of alkyl halides is 3. The van der Waals surface area contributed by atoms with Gasteiger partial charge in [0.2, 0.25) is 5.91 Å². The summed E-state index contributed by atoms with van der Waals surface area (Å²) < 4.78 is 40.5. The second-order valence-electron chi connectivity index (χ2n) is 5.13. The first-order chi connectivity index (χ1) is 9.70. The topological polar surface area (TPSA) is 50.4 Å². The minimum atomic E-state index is -4.75. The van der Waals surface area contributed by atoms with E-state index in [4.69, 9.17) is 0 Å². The van der Waals surface area contributed by atoms with E-state index >= 15 is 0 Å². The molecule has 8 heteroatoms. The van der Waals surface area contributed by atoms with Crippen molar-refractivity contribution in [3.8, 4) is 5.75 Å². The Morgan fingerprint density at radius 1 is 1.48 bits per heavy atom. The molecule has 0 bridgehead atoms. The van der Waals surface area contributed by atoms with E-state index in [-0.39, 0.29) is 16.1 Å². The number of ether oxygens (including phenoxy) is 1. The third-order valence-electron chi connectivity index (χ3n) is 3.33. The van der Waals surface area contributed by atoms with Gasteiger partial charge in [-0.3, -0.25) is 4.79 Å². The van der Waals surface area contributed by atoms with E-state index in [9.17, 15) is 18.0 Å². The average Bonchev–Trinajstić information content (AvgIpc) is 2.80. The summed E-state index contributed by atoms with van der Waals surface area (Å²) >= 11 is 3.00. The van der Waals surface area contributed by atoms with Crippen LogP contribution in [0.1, 0.15) is 13.3 Å². The SMILES string of the molecule is CC1(C(=O)Nc2ccc(OC(F)(F)F)c(Br)c2)CCNC1. The zero-order valence-electron chi connectivity index (χ0n) is 11.2. The first kappa shape index (κ1) is 16.1. The molecule has 4 nitrogen and oxygen atoms in total. The van der Waals surface area contributed by atoms with E-state index in [1.807, 2.05) is 6.92 Å². The quantitative estimate of drug-likeness (QED) is 0.862. The van der Waals surface area contributed by atoms with Crippen LogP contribution in [0.5, 0.6) is 5.75 Å². The molecule has 0 aliphatic carbocycles. The molecule has 1 aromatic carbocycles. The molecule has 1 atom stereocenters. The van der Waals surface area contributed by atoms with Gasteiger partial charge in [-0.25, -0.2) is 0 Å². The smallest absolute Gasteiger partial charge is 0.405 e. The van der Waals surface area contributed by atoms with Crippen LogP contribution in [0.25, 0.3) is 0 Å². The Balaban J connectivity index is 2.08. The molecule has 116 valence electrons. The van der Waals surface area contributed by atoms with Crippen molar-refractivity contribution < 1.29 is 22.7 Å². The fourth-order valence-electron chi connectivity index (χ4n) is 2.08. The molecule has 2 N–H and O–H groups in total. The highest BCUT2D eigenvalue weighted by atomic mass is 79.9. The van der Waals surface area contributed by atoms with Crippen LogP contribution in [0, 0.1) is 5.41 Å². The highest BCUT2D eigenvalue weighted by Gasteiger charge is 2.36. The fraction of sp³-hybridized carbons (Fsp3) is 0.462. The summed E-state index contributed by atoms with van der Waals surface area (Å²) in [6.45, 7) is 3.19. The van der Waals surface area contributed by atoms with Crippen molar-refractivity contribution in [1.82, 2.24) is 5.32 Å². The van der Waals surface area contributed by atoms with Gasteiger partial charge in [-0.15, -0.1) is 13.2 Å². The number of carbonyl (C=O) groups is 1. The van der Waals surface area contributed by atoms with Gasteiger partial charge in [0.15, 0.2) is 0 Å². The monoisotopic (exact) mass is 366 g/mol. The molecule has 0 saturated carbocycles. The van der Waals surface area contributed by atoms with E-state index < -0.39 is 11.8 Å². The zero-order valence-corrected chi connectivity index (χ0v) is 12.8. The Labute approximate surface area is 128 Å². The van der Waals surface area contributed by atoms with E-state index in [0.29, 0.717) is 12.2 Å². The number of carbonyl (C=O) groups excluding carboxylic acids is 1. The van der Waals surface area contributed by atoms with Gasteiger partial charge in [-0.1, -0.05) is 0 Å². The molecule has 0 aromatic heterocycles. The van der Waals surface area contributed by atoms with E-state index in [0.717, 1.165) is 19.0 Å². The molecule has 1 saturated heterocycles. The average molecular weight is 367 g/mol. The van der Waals surface area contributed by atoms with Crippen molar-refractivity contribution in [2.24, 2.45) is 5.41 Å². The molecular weight excluding hydrogens is 353 g/mol. The predicted molar refractivity (Wildman–Crippen MR) is 75.0 cm³/mol. The maximum atomic E-state index is 12.2. The number of rotatable bonds is 3. The van der Waals surface area contributed by atoms with Gasteiger partial charge in [-0.05, 0) is 54.0 Å². The molecule has 0 radical (unpaired) electrons. The van der Waals surface area contributed by atoms with Crippen LogP contribution in [0.15, 0.2) is 22.7 Å². The van der Waals surface area contributed by atoms with Gasteiger partial charge >= 0.3 is 6.36 Å². The third kappa shape index (κ3) is 4.10. The maximum absolute atomic E-state index is 12.2. The Morgan fingerprint density at radius 3 is 2.71 bits per heavy atom. The van der Waals surface area contributed by atoms with Crippen molar-refractivity contribution in [2.75, 3.05) is 18.4 Å². The Kier molecular flexibility index (Phi) is 4.48. The normalized spacial score (nSPS) is 22.1. The van der Waals surface area contributed by atoms with Gasteiger partial charge in [0.25, 0.3) is 0 Å². The van der Waals surface area contributed by atoms with Crippen LogP contribution >= 0.6 is 15.9 Å². The lowest BCUT2D eigenvalue weighted by atomic mass is 9.89. The number of benzene rings is 1. The Hall–Kier alpha value is -1.28. The van der Waals surface area contributed by atoms with Crippen LogP contribution in [-0.2, 0) is 4.79 Å². The summed E-state index contributed by atoms with van der Waals surface area (Å²) in [6, 6.07) is 3.91. The molecule has 1 aliphatic rings. The zero-order chi connectivity index (χ0) is 15.7. The predicted octanol–water partition coefficient (Wildman–Crippen LogP) is 3.29. The molecule has 2 rings (SSSR count). The lowest BCUT2D eigenvalue weighted by Gasteiger charge is -2.21. The van der Waals surface area contributed by atoms with Crippen molar-refractivity contribution in [3.63, 3.8) is 0 Å². The lowest BCUT2D eigenvalue weighted by Crippen LogP contribution is -2.35.